The Kier molecular flexibility index (Phi) is 3.33. The molecule has 4 nitrogen and oxygen atoms in total. The third-order valence-corrected chi connectivity index (χ3v) is 2.01. The van der Waals surface area contributed by atoms with Crippen molar-refractivity contribution in [2.24, 2.45) is 0 Å². The van der Waals surface area contributed by atoms with Crippen molar-refractivity contribution >= 4 is 0 Å². The van der Waals surface area contributed by atoms with Gasteiger partial charge in [-0.2, -0.15) is 0 Å². The summed E-state index contributed by atoms with van der Waals surface area (Å²) in [5.74, 6) is 0. The lowest BCUT2D eigenvalue weighted by atomic mass is 9.98. The Morgan fingerprint density at radius 3 is 2.77 bits per heavy atom. The van der Waals surface area contributed by atoms with E-state index < -0.39 is 5.60 Å². The number of ether oxygens (including phenoxy) is 1. The molecule has 0 amide bonds. The lowest BCUT2D eigenvalue weighted by molar-refractivity contribution is -0.0420. The topological polar surface area (TPSA) is 55.2 Å². The van der Waals surface area contributed by atoms with Crippen molar-refractivity contribution in [2.75, 3.05) is 13.7 Å². The van der Waals surface area contributed by atoms with Crippen LogP contribution in [-0.2, 0) is 10.3 Å². The average Bonchev–Trinajstić information content (AvgIpc) is 2.19. The molecule has 1 rings (SSSR count). The highest BCUT2D eigenvalue weighted by Gasteiger charge is 2.28. The van der Waals surface area contributed by atoms with Crippen molar-refractivity contribution in [3.05, 3.63) is 24.3 Å². The lowest BCUT2D eigenvalue weighted by Crippen LogP contribution is -2.31. The van der Waals surface area contributed by atoms with Gasteiger partial charge in [0, 0.05) is 19.5 Å². The van der Waals surface area contributed by atoms with Gasteiger partial charge in [-0.25, -0.2) is 0 Å². The molecule has 1 N–H and O–H groups in total. The van der Waals surface area contributed by atoms with Gasteiger partial charge in [0.15, 0.2) is 0 Å². The lowest BCUT2D eigenvalue weighted by Gasteiger charge is -2.24. The standard InChI is InChI=1S/C9H14N2O2/c1-3-9(12,7-13-2)8-6-10-4-5-11-8/h4-6,12H,3,7H2,1-2H3. The van der Waals surface area contributed by atoms with Crippen LogP contribution in [0.15, 0.2) is 18.6 Å². The minimum atomic E-state index is -1.01. The SMILES string of the molecule is CCC(O)(COC)c1cnccn1. The summed E-state index contributed by atoms with van der Waals surface area (Å²) >= 11 is 0. The molecule has 0 radical (unpaired) electrons. The van der Waals surface area contributed by atoms with E-state index in [0.717, 1.165) is 0 Å². The Bertz CT molecular complexity index is 253. The van der Waals surface area contributed by atoms with E-state index in [4.69, 9.17) is 4.74 Å². The van der Waals surface area contributed by atoms with E-state index in [0.29, 0.717) is 12.1 Å². The second-order valence-electron chi connectivity index (χ2n) is 2.91. The maximum absolute atomic E-state index is 10.1. The van der Waals surface area contributed by atoms with Crippen LogP contribution in [0.25, 0.3) is 0 Å². The molecule has 1 atom stereocenters. The van der Waals surface area contributed by atoms with Gasteiger partial charge in [-0.15, -0.1) is 0 Å². The van der Waals surface area contributed by atoms with Crippen molar-refractivity contribution in [3.63, 3.8) is 0 Å². The zero-order valence-corrected chi connectivity index (χ0v) is 7.90. The average molecular weight is 182 g/mol. The van der Waals surface area contributed by atoms with Gasteiger partial charge in [-0.3, -0.25) is 9.97 Å². The van der Waals surface area contributed by atoms with Gasteiger partial charge in [-0.05, 0) is 6.42 Å². The highest BCUT2D eigenvalue weighted by Crippen LogP contribution is 2.21. The van der Waals surface area contributed by atoms with Gasteiger partial charge in [0.1, 0.15) is 5.60 Å². The number of hydrogen-bond acceptors (Lipinski definition) is 4. The molecule has 1 heterocycles. The molecule has 0 saturated carbocycles. The minimum Gasteiger partial charge on any atom is -0.381 e. The van der Waals surface area contributed by atoms with Crippen molar-refractivity contribution in [1.82, 2.24) is 9.97 Å². The monoisotopic (exact) mass is 182 g/mol. The van der Waals surface area contributed by atoms with Crippen LogP contribution < -0.4 is 0 Å². The van der Waals surface area contributed by atoms with E-state index in [2.05, 4.69) is 9.97 Å². The van der Waals surface area contributed by atoms with E-state index in [1.54, 1.807) is 25.7 Å². The molecular formula is C9H14N2O2. The molecule has 0 aliphatic heterocycles. The fraction of sp³-hybridized carbons (Fsp3) is 0.556. The summed E-state index contributed by atoms with van der Waals surface area (Å²) in [7, 11) is 1.55. The van der Waals surface area contributed by atoms with Crippen LogP contribution in [0.4, 0.5) is 0 Å². The maximum Gasteiger partial charge on any atom is 0.131 e. The summed E-state index contributed by atoms with van der Waals surface area (Å²) in [5.41, 5.74) is -0.456. The van der Waals surface area contributed by atoms with Crippen LogP contribution in [0.3, 0.4) is 0 Å². The van der Waals surface area contributed by atoms with Crippen molar-refractivity contribution in [1.29, 1.82) is 0 Å². The number of hydrogen-bond donors (Lipinski definition) is 1. The zero-order valence-electron chi connectivity index (χ0n) is 7.90. The third-order valence-electron chi connectivity index (χ3n) is 2.01. The number of aromatic nitrogens is 2. The van der Waals surface area contributed by atoms with Crippen LogP contribution in [0.2, 0.25) is 0 Å². The van der Waals surface area contributed by atoms with Gasteiger partial charge < -0.3 is 9.84 Å². The van der Waals surface area contributed by atoms with Crippen molar-refractivity contribution < 1.29 is 9.84 Å². The van der Waals surface area contributed by atoms with E-state index in [9.17, 15) is 5.11 Å². The molecule has 4 heteroatoms. The molecule has 0 aliphatic rings. The largest absolute Gasteiger partial charge is 0.381 e. The normalized spacial score (nSPS) is 15.3. The van der Waals surface area contributed by atoms with Gasteiger partial charge >= 0.3 is 0 Å². The Labute approximate surface area is 77.6 Å². The second-order valence-corrected chi connectivity index (χ2v) is 2.91. The van der Waals surface area contributed by atoms with E-state index in [1.807, 2.05) is 6.92 Å². The molecule has 0 aliphatic carbocycles. The molecular weight excluding hydrogens is 168 g/mol. The Balaban J connectivity index is 2.89. The molecule has 0 bridgehead atoms. The van der Waals surface area contributed by atoms with Crippen LogP contribution >= 0.6 is 0 Å². The van der Waals surface area contributed by atoms with E-state index in [1.165, 1.54) is 0 Å². The van der Waals surface area contributed by atoms with Gasteiger partial charge in [0.2, 0.25) is 0 Å². The van der Waals surface area contributed by atoms with Gasteiger partial charge in [0.25, 0.3) is 0 Å². The quantitative estimate of drug-likeness (QED) is 0.745. The number of nitrogens with zero attached hydrogens (tertiary/aromatic N) is 2. The molecule has 0 saturated heterocycles. The molecule has 0 spiro atoms. The summed E-state index contributed by atoms with van der Waals surface area (Å²) in [4.78, 5) is 7.95. The fourth-order valence-corrected chi connectivity index (χ4v) is 1.14. The Hall–Kier alpha value is -1.00. The first kappa shape index (κ1) is 10.1. The first-order chi connectivity index (χ1) is 6.23. The zero-order chi connectivity index (χ0) is 9.73. The second kappa shape index (κ2) is 4.30. The predicted octanol–water partition coefficient (Wildman–Crippen LogP) is 0.721. The maximum atomic E-state index is 10.1. The number of methoxy groups -OCH3 is 1. The number of aliphatic hydroxyl groups is 1. The summed E-state index contributed by atoms with van der Waals surface area (Å²) in [6.07, 6.45) is 5.25. The first-order valence-electron chi connectivity index (χ1n) is 4.20. The number of rotatable bonds is 4. The van der Waals surface area contributed by atoms with Crippen LogP contribution in [0.1, 0.15) is 19.0 Å². The van der Waals surface area contributed by atoms with Crippen LogP contribution in [0, 0.1) is 0 Å². The molecule has 72 valence electrons. The fourth-order valence-electron chi connectivity index (χ4n) is 1.14. The van der Waals surface area contributed by atoms with Crippen LogP contribution in [0.5, 0.6) is 0 Å². The molecule has 13 heavy (non-hydrogen) atoms. The van der Waals surface area contributed by atoms with Crippen LogP contribution in [-0.4, -0.2) is 28.8 Å². The summed E-state index contributed by atoms with van der Waals surface area (Å²) in [5, 5.41) is 10.1. The molecule has 1 aromatic rings. The summed E-state index contributed by atoms with van der Waals surface area (Å²) < 4.78 is 4.93. The first-order valence-corrected chi connectivity index (χ1v) is 4.20. The summed E-state index contributed by atoms with van der Waals surface area (Å²) in [6, 6.07) is 0. The summed E-state index contributed by atoms with van der Waals surface area (Å²) in [6.45, 7) is 2.12. The Morgan fingerprint density at radius 2 is 2.31 bits per heavy atom. The highest BCUT2D eigenvalue weighted by molar-refractivity contribution is 5.07. The van der Waals surface area contributed by atoms with Gasteiger partial charge in [0.05, 0.1) is 18.5 Å². The van der Waals surface area contributed by atoms with E-state index in [-0.39, 0.29) is 6.61 Å². The Morgan fingerprint density at radius 1 is 1.54 bits per heavy atom. The molecule has 0 aromatic carbocycles. The smallest absolute Gasteiger partial charge is 0.131 e. The third kappa shape index (κ3) is 2.23. The highest BCUT2D eigenvalue weighted by atomic mass is 16.5. The van der Waals surface area contributed by atoms with Crippen molar-refractivity contribution in [2.45, 2.75) is 18.9 Å². The minimum absolute atomic E-state index is 0.238. The van der Waals surface area contributed by atoms with Gasteiger partial charge in [-0.1, -0.05) is 6.92 Å². The predicted molar refractivity (Wildman–Crippen MR) is 48.1 cm³/mol. The van der Waals surface area contributed by atoms with Crippen molar-refractivity contribution in [3.8, 4) is 0 Å². The molecule has 1 unspecified atom stereocenters. The van der Waals surface area contributed by atoms with E-state index >= 15 is 0 Å². The molecule has 0 fully saturated rings. The molecule has 1 aromatic heterocycles.